The second kappa shape index (κ2) is 4.29. The molecule has 0 heterocycles. The molecule has 0 aliphatic heterocycles. The van der Waals surface area contributed by atoms with Gasteiger partial charge in [-0.15, -0.1) is 0 Å². The molecule has 1 heteroatoms. The molecular formula is C12H13Cl. The van der Waals surface area contributed by atoms with E-state index in [0.29, 0.717) is 0 Å². The minimum Gasteiger partial charge on any atom is -0.0961 e. The molecule has 0 N–H and O–H groups in total. The van der Waals surface area contributed by atoms with Gasteiger partial charge in [-0.05, 0) is 36.4 Å². The predicted molar refractivity (Wildman–Crippen MR) is 60.1 cm³/mol. The molecule has 0 spiro atoms. The van der Waals surface area contributed by atoms with E-state index in [-0.39, 0.29) is 0 Å². The molecule has 1 aromatic rings. The number of hydrogen-bond donors (Lipinski definition) is 0. The molecular weight excluding hydrogens is 180 g/mol. The summed E-state index contributed by atoms with van der Waals surface area (Å²) in [5.74, 6) is 0. The Kier molecular flexibility index (Phi) is 3.32. The van der Waals surface area contributed by atoms with Crippen LogP contribution in [0.1, 0.15) is 13.8 Å². The van der Waals surface area contributed by atoms with Gasteiger partial charge < -0.3 is 0 Å². The van der Waals surface area contributed by atoms with Gasteiger partial charge in [0.1, 0.15) is 0 Å². The Labute approximate surface area is 83.9 Å². The van der Waals surface area contributed by atoms with Gasteiger partial charge in [0.25, 0.3) is 0 Å². The molecule has 1 rings (SSSR count). The fourth-order valence-electron chi connectivity index (χ4n) is 1.20. The van der Waals surface area contributed by atoms with Crippen LogP contribution in [0.3, 0.4) is 0 Å². The number of benzene rings is 1. The van der Waals surface area contributed by atoms with E-state index < -0.39 is 0 Å². The van der Waals surface area contributed by atoms with Crippen molar-refractivity contribution in [3.63, 3.8) is 0 Å². The third-order valence-corrected chi connectivity index (χ3v) is 2.00. The van der Waals surface area contributed by atoms with E-state index in [4.69, 9.17) is 11.6 Å². The molecule has 0 aliphatic rings. The maximum Gasteiger partial charge on any atom is 0.0412 e. The van der Waals surface area contributed by atoms with Gasteiger partial charge >= 0.3 is 0 Å². The van der Waals surface area contributed by atoms with Crippen LogP contribution in [0.4, 0.5) is 0 Å². The van der Waals surface area contributed by atoms with E-state index in [0.717, 1.165) is 15.8 Å². The van der Waals surface area contributed by atoms with Crippen LogP contribution in [-0.4, -0.2) is 0 Å². The van der Waals surface area contributed by atoms with Crippen molar-refractivity contribution in [1.82, 2.24) is 0 Å². The van der Waals surface area contributed by atoms with Crippen LogP contribution in [0.15, 0.2) is 30.4 Å². The Bertz CT molecular complexity index is 427. The van der Waals surface area contributed by atoms with Gasteiger partial charge in [-0.25, -0.2) is 0 Å². The van der Waals surface area contributed by atoms with Crippen LogP contribution >= 0.6 is 11.6 Å². The predicted octanol–water partition coefficient (Wildman–Crippen LogP) is 2.50. The van der Waals surface area contributed by atoms with Crippen molar-refractivity contribution in [3.05, 3.63) is 45.8 Å². The highest BCUT2D eigenvalue weighted by Gasteiger charge is 1.88. The van der Waals surface area contributed by atoms with Crippen LogP contribution in [0, 0.1) is 0 Å². The molecule has 1 aromatic carbocycles. The Hall–Kier alpha value is -1.01. The summed E-state index contributed by atoms with van der Waals surface area (Å²) >= 11 is 5.89. The lowest BCUT2D eigenvalue weighted by Crippen LogP contribution is -2.23. The van der Waals surface area contributed by atoms with Crippen molar-refractivity contribution >= 4 is 23.8 Å². The Morgan fingerprint density at radius 1 is 1.38 bits per heavy atom. The zero-order valence-electron chi connectivity index (χ0n) is 7.97. The van der Waals surface area contributed by atoms with Gasteiger partial charge in [0.15, 0.2) is 0 Å². The van der Waals surface area contributed by atoms with Crippen molar-refractivity contribution in [2.75, 3.05) is 0 Å². The fraction of sp³-hybridized carbons (Fsp3) is 0.167. The molecule has 0 bridgehead atoms. The normalized spacial score (nSPS) is 13.5. The van der Waals surface area contributed by atoms with Gasteiger partial charge in [0.05, 0.1) is 0 Å². The lowest BCUT2D eigenvalue weighted by atomic mass is 10.2. The van der Waals surface area contributed by atoms with E-state index in [1.165, 1.54) is 5.22 Å². The average Bonchev–Trinajstić information content (AvgIpc) is 2.03. The lowest BCUT2D eigenvalue weighted by molar-refractivity contribution is 1.48. The van der Waals surface area contributed by atoms with Crippen LogP contribution in [0.25, 0.3) is 12.2 Å². The van der Waals surface area contributed by atoms with E-state index in [1.807, 2.05) is 38.1 Å². The maximum atomic E-state index is 5.89. The summed E-state index contributed by atoms with van der Waals surface area (Å²) < 4.78 is 0. The van der Waals surface area contributed by atoms with Crippen molar-refractivity contribution in [2.24, 2.45) is 0 Å². The summed E-state index contributed by atoms with van der Waals surface area (Å²) in [6.45, 7) is 7.83. The first-order chi connectivity index (χ1) is 6.13. The standard InChI is InChI=1S/C12H13Cl/c1-4-10-5-6-12(13)8-11(10)7-9(2)3/h4-8H,2H2,1,3H3/b10-4-,11-7-. The second-order valence-corrected chi connectivity index (χ2v) is 3.49. The fourth-order valence-corrected chi connectivity index (χ4v) is 1.38. The minimum absolute atomic E-state index is 0.762. The molecule has 0 atom stereocenters. The maximum absolute atomic E-state index is 5.89. The average molecular weight is 193 g/mol. The van der Waals surface area contributed by atoms with Crippen LogP contribution in [0.5, 0.6) is 0 Å². The zero-order valence-corrected chi connectivity index (χ0v) is 8.73. The van der Waals surface area contributed by atoms with Crippen LogP contribution in [-0.2, 0) is 0 Å². The monoisotopic (exact) mass is 192 g/mol. The third-order valence-electron chi connectivity index (χ3n) is 1.76. The molecule has 0 aromatic heterocycles. The molecule has 0 radical (unpaired) electrons. The Morgan fingerprint density at radius 3 is 2.62 bits per heavy atom. The van der Waals surface area contributed by atoms with Crippen LogP contribution in [0.2, 0.25) is 5.02 Å². The first-order valence-corrected chi connectivity index (χ1v) is 4.60. The quantitative estimate of drug-likeness (QED) is 0.642. The second-order valence-electron chi connectivity index (χ2n) is 3.05. The summed E-state index contributed by atoms with van der Waals surface area (Å²) in [7, 11) is 0. The number of rotatable bonds is 1. The molecule has 0 saturated heterocycles. The SMILES string of the molecule is C=C(C)/C=c1/cc(Cl)cc/c1=C/C. The van der Waals surface area contributed by atoms with E-state index in [2.05, 4.69) is 12.7 Å². The first kappa shape index (κ1) is 10.1. The molecule has 13 heavy (non-hydrogen) atoms. The van der Waals surface area contributed by atoms with E-state index in [9.17, 15) is 0 Å². The molecule has 0 fully saturated rings. The topological polar surface area (TPSA) is 0 Å². The third kappa shape index (κ3) is 2.74. The highest BCUT2D eigenvalue weighted by Crippen LogP contribution is 2.00. The molecule has 0 unspecified atom stereocenters. The molecule has 0 saturated carbocycles. The highest BCUT2D eigenvalue weighted by atomic mass is 35.5. The molecule has 68 valence electrons. The van der Waals surface area contributed by atoms with E-state index in [1.54, 1.807) is 0 Å². The van der Waals surface area contributed by atoms with Gasteiger partial charge in [-0.1, -0.05) is 42.0 Å². The largest absolute Gasteiger partial charge is 0.0961 e. The Morgan fingerprint density at radius 2 is 2.08 bits per heavy atom. The first-order valence-electron chi connectivity index (χ1n) is 4.22. The van der Waals surface area contributed by atoms with Crippen molar-refractivity contribution in [1.29, 1.82) is 0 Å². The van der Waals surface area contributed by atoms with Gasteiger partial charge in [0.2, 0.25) is 0 Å². The number of allylic oxidation sites excluding steroid dienone is 1. The minimum atomic E-state index is 0.762. The van der Waals surface area contributed by atoms with Crippen molar-refractivity contribution in [2.45, 2.75) is 13.8 Å². The van der Waals surface area contributed by atoms with Crippen LogP contribution < -0.4 is 10.4 Å². The highest BCUT2D eigenvalue weighted by molar-refractivity contribution is 6.30. The summed E-state index contributed by atoms with van der Waals surface area (Å²) in [6, 6.07) is 5.86. The zero-order chi connectivity index (χ0) is 9.84. The van der Waals surface area contributed by atoms with E-state index >= 15 is 0 Å². The molecule has 0 amide bonds. The van der Waals surface area contributed by atoms with Crippen molar-refractivity contribution < 1.29 is 0 Å². The smallest absolute Gasteiger partial charge is 0.0412 e. The van der Waals surface area contributed by atoms with Gasteiger partial charge in [0, 0.05) is 5.02 Å². The molecule has 0 aliphatic carbocycles. The number of hydrogen-bond acceptors (Lipinski definition) is 0. The number of halogens is 1. The van der Waals surface area contributed by atoms with Gasteiger partial charge in [-0.2, -0.15) is 0 Å². The van der Waals surface area contributed by atoms with Crippen molar-refractivity contribution in [3.8, 4) is 0 Å². The van der Waals surface area contributed by atoms with Gasteiger partial charge in [-0.3, -0.25) is 0 Å². The summed E-state index contributed by atoms with van der Waals surface area (Å²) in [5, 5.41) is 3.08. The summed E-state index contributed by atoms with van der Waals surface area (Å²) in [4.78, 5) is 0. The summed E-state index contributed by atoms with van der Waals surface area (Å²) in [5.41, 5.74) is 1.03. The summed E-state index contributed by atoms with van der Waals surface area (Å²) in [6.07, 6.45) is 4.09. The lowest BCUT2D eigenvalue weighted by Gasteiger charge is -1.93. The Balaban J connectivity index is 3.51. The molecule has 0 nitrogen and oxygen atoms in total.